The Labute approximate surface area is 154 Å². The molecule has 1 amide bonds. The number of aliphatic hydroxyl groups is 1. The maximum Gasteiger partial charge on any atom is 0.254 e. The van der Waals surface area contributed by atoms with Gasteiger partial charge in [-0.3, -0.25) is 4.79 Å². The van der Waals surface area contributed by atoms with E-state index in [1.165, 1.54) is 5.56 Å². The Kier molecular flexibility index (Phi) is 6.16. The van der Waals surface area contributed by atoms with Gasteiger partial charge in [0.1, 0.15) is 0 Å². The first kappa shape index (κ1) is 18.0. The minimum atomic E-state index is 0.142. The van der Waals surface area contributed by atoms with Crippen molar-refractivity contribution in [1.29, 1.82) is 0 Å². The fraction of sp³-hybridized carbons (Fsp3) is 0.381. The van der Waals surface area contributed by atoms with Crippen LogP contribution in [0.3, 0.4) is 0 Å². The highest BCUT2D eigenvalue weighted by molar-refractivity contribution is 7.98. The second-order valence-corrected chi connectivity index (χ2v) is 7.65. The van der Waals surface area contributed by atoms with E-state index in [0.717, 1.165) is 47.6 Å². The Morgan fingerprint density at radius 2 is 2.00 bits per heavy atom. The van der Waals surface area contributed by atoms with Crippen molar-refractivity contribution < 1.29 is 9.90 Å². The van der Waals surface area contributed by atoms with Crippen molar-refractivity contribution >= 4 is 17.7 Å². The normalized spacial score (nSPS) is 17.0. The van der Waals surface area contributed by atoms with Crippen LogP contribution in [-0.2, 0) is 5.75 Å². The van der Waals surface area contributed by atoms with Gasteiger partial charge < -0.3 is 10.0 Å². The van der Waals surface area contributed by atoms with Crippen molar-refractivity contribution in [2.24, 2.45) is 0 Å². The van der Waals surface area contributed by atoms with Crippen molar-refractivity contribution in [3.63, 3.8) is 0 Å². The minimum absolute atomic E-state index is 0.142. The van der Waals surface area contributed by atoms with Gasteiger partial charge in [0, 0.05) is 29.7 Å². The van der Waals surface area contributed by atoms with Gasteiger partial charge in [0.15, 0.2) is 0 Å². The second kappa shape index (κ2) is 8.54. The molecule has 2 aromatic carbocycles. The largest absolute Gasteiger partial charge is 0.396 e. The zero-order valence-electron chi connectivity index (χ0n) is 14.6. The molecule has 25 heavy (non-hydrogen) atoms. The van der Waals surface area contributed by atoms with E-state index in [-0.39, 0.29) is 12.5 Å². The molecule has 3 rings (SSSR count). The molecule has 1 N–H and O–H groups in total. The van der Waals surface area contributed by atoms with Gasteiger partial charge in [-0.25, -0.2) is 0 Å². The molecule has 0 bridgehead atoms. The first-order chi connectivity index (χ1) is 12.2. The van der Waals surface area contributed by atoms with E-state index in [2.05, 4.69) is 37.3 Å². The number of nitrogens with zero attached hydrogens (tertiary/aromatic N) is 1. The van der Waals surface area contributed by atoms with Crippen LogP contribution in [0.15, 0.2) is 48.5 Å². The van der Waals surface area contributed by atoms with Crippen molar-refractivity contribution in [2.75, 3.05) is 18.9 Å². The molecule has 2 aromatic rings. The maximum absolute atomic E-state index is 12.7. The fourth-order valence-corrected chi connectivity index (χ4v) is 3.98. The summed E-state index contributed by atoms with van der Waals surface area (Å²) < 4.78 is 0. The lowest BCUT2D eigenvalue weighted by atomic mass is 10.0. The Bertz CT molecular complexity index is 714. The lowest BCUT2D eigenvalue weighted by Crippen LogP contribution is -2.33. The molecular formula is C21H25NO2S. The Hall–Kier alpha value is -1.78. The van der Waals surface area contributed by atoms with Gasteiger partial charge in [0.05, 0.1) is 6.61 Å². The number of amides is 1. The molecule has 1 fully saturated rings. The number of rotatable bonds is 6. The molecule has 1 heterocycles. The van der Waals surface area contributed by atoms with E-state index in [4.69, 9.17) is 5.11 Å². The van der Waals surface area contributed by atoms with Gasteiger partial charge in [-0.05, 0) is 48.6 Å². The summed E-state index contributed by atoms with van der Waals surface area (Å²) in [5.41, 5.74) is 4.22. The first-order valence-electron chi connectivity index (χ1n) is 8.88. The van der Waals surface area contributed by atoms with Gasteiger partial charge in [0.25, 0.3) is 5.91 Å². The lowest BCUT2D eigenvalue weighted by Gasteiger charge is -2.21. The van der Waals surface area contributed by atoms with Crippen LogP contribution in [0.4, 0.5) is 0 Å². The van der Waals surface area contributed by atoms with E-state index in [9.17, 15) is 4.79 Å². The summed E-state index contributed by atoms with van der Waals surface area (Å²) >= 11 is 1.73. The molecule has 3 nitrogen and oxygen atoms in total. The predicted octanol–water partition coefficient (Wildman–Crippen LogP) is 4.20. The summed E-state index contributed by atoms with van der Waals surface area (Å²) in [4.78, 5) is 14.7. The molecule has 0 spiro atoms. The minimum Gasteiger partial charge on any atom is -0.396 e. The van der Waals surface area contributed by atoms with Gasteiger partial charge in [0.2, 0.25) is 0 Å². The number of thioether (sulfide) groups is 1. The third kappa shape index (κ3) is 4.44. The van der Waals surface area contributed by atoms with Gasteiger partial charge in [-0.15, -0.1) is 0 Å². The summed E-state index contributed by atoms with van der Waals surface area (Å²) in [6.45, 7) is 3.21. The number of benzene rings is 2. The van der Waals surface area contributed by atoms with E-state index >= 15 is 0 Å². The average Bonchev–Trinajstić information content (AvgIpc) is 3.08. The third-order valence-electron chi connectivity index (χ3n) is 4.71. The summed E-state index contributed by atoms with van der Waals surface area (Å²) in [5.74, 6) is 1.82. The lowest BCUT2D eigenvalue weighted by molar-refractivity contribution is 0.0747. The van der Waals surface area contributed by atoms with Crippen LogP contribution in [0.2, 0.25) is 0 Å². The van der Waals surface area contributed by atoms with Crippen LogP contribution >= 0.6 is 11.8 Å². The number of hydrogen-bond donors (Lipinski definition) is 1. The standard InChI is InChI=1S/C21H25NO2S/c1-16-4-3-11-22(16)21(24)20-6-2-5-19(14-20)18-9-7-17(8-10-18)15-25-13-12-23/h2,5-10,14,16,23H,3-4,11-13,15H2,1H3/t16-/m0/s1. The summed E-state index contributed by atoms with van der Waals surface area (Å²) in [6.07, 6.45) is 2.20. The third-order valence-corrected chi connectivity index (χ3v) is 5.72. The first-order valence-corrected chi connectivity index (χ1v) is 10.0. The SMILES string of the molecule is C[C@H]1CCCN1C(=O)c1cccc(-c2ccc(CSCCO)cc2)c1. The number of hydrogen-bond acceptors (Lipinski definition) is 3. The molecule has 1 atom stereocenters. The van der Waals surface area contributed by atoms with E-state index in [1.54, 1.807) is 11.8 Å². The van der Waals surface area contributed by atoms with Crippen LogP contribution in [0, 0.1) is 0 Å². The number of carbonyl (C=O) groups is 1. The molecule has 0 unspecified atom stereocenters. The molecule has 0 radical (unpaired) electrons. The zero-order valence-corrected chi connectivity index (χ0v) is 15.5. The smallest absolute Gasteiger partial charge is 0.254 e. The maximum atomic E-state index is 12.7. The van der Waals surface area contributed by atoms with Crippen LogP contribution in [-0.4, -0.2) is 40.9 Å². The molecule has 1 saturated heterocycles. The van der Waals surface area contributed by atoms with Crippen LogP contribution < -0.4 is 0 Å². The van der Waals surface area contributed by atoms with Gasteiger partial charge >= 0.3 is 0 Å². The highest BCUT2D eigenvalue weighted by Crippen LogP contribution is 2.25. The molecule has 0 saturated carbocycles. The van der Waals surface area contributed by atoms with E-state index in [0.29, 0.717) is 6.04 Å². The quantitative estimate of drug-likeness (QED) is 0.790. The number of likely N-dealkylation sites (tertiary alicyclic amines) is 1. The summed E-state index contributed by atoms with van der Waals surface area (Å²) in [5, 5.41) is 8.85. The summed E-state index contributed by atoms with van der Waals surface area (Å²) in [7, 11) is 0. The highest BCUT2D eigenvalue weighted by atomic mass is 32.2. The van der Waals surface area contributed by atoms with Crippen LogP contribution in [0.1, 0.15) is 35.7 Å². The molecule has 132 valence electrons. The van der Waals surface area contributed by atoms with E-state index < -0.39 is 0 Å². The average molecular weight is 356 g/mol. The number of carbonyl (C=O) groups excluding carboxylic acids is 1. The van der Waals surface area contributed by atoms with Crippen molar-refractivity contribution in [2.45, 2.75) is 31.6 Å². The Morgan fingerprint density at radius 1 is 1.20 bits per heavy atom. The zero-order chi connectivity index (χ0) is 17.6. The summed E-state index contributed by atoms with van der Waals surface area (Å²) in [6, 6.07) is 16.7. The molecular weight excluding hydrogens is 330 g/mol. The predicted molar refractivity (Wildman–Crippen MR) is 105 cm³/mol. The topological polar surface area (TPSA) is 40.5 Å². The van der Waals surface area contributed by atoms with Gasteiger partial charge in [-0.1, -0.05) is 36.4 Å². The van der Waals surface area contributed by atoms with Gasteiger partial charge in [-0.2, -0.15) is 11.8 Å². The molecule has 1 aliphatic heterocycles. The molecule has 4 heteroatoms. The number of aliphatic hydroxyl groups excluding tert-OH is 1. The van der Waals surface area contributed by atoms with Crippen molar-refractivity contribution in [1.82, 2.24) is 4.90 Å². The second-order valence-electron chi connectivity index (χ2n) is 6.54. The van der Waals surface area contributed by atoms with Crippen molar-refractivity contribution in [3.8, 4) is 11.1 Å². The fourth-order valence-electron chi connectivity index (χ4n) is 3.28. The van der Waals surface area contributed by atoms with Crippen molar-refractivity contribution in [3.05, 3.63) is 59.7 Å². The Balaban J connectivity index is 1.73. The van der Waals surface area contributed by atoms with E-state index in [1.807, 2.05) is 23.1 Å². The van der Waals surface area contributed by atoms with Crippen LogP contribution in [0.25, 0.3) is 11.1 Å². The Morgan fingerprint density at radius 3 is 2.68 bits per heavy atom. The molecule has 0 aliphatic carbocycles. The monoisotopic (exact) mass is 355 g/mol. The highest BCUT2D eigenvalue weighted by Gasteiger charge is 2.25. The molecule has 0 aromatic heterocycles. The molecule has 1 aliphatic rings. The van der Waals surface area contributed by atoms with Crippen LogP contribution in [0.5, 0.6) is 0 Å².